The van der Waals surface area contributed by atoms with E-state index >= 15 is 4.39 Å². The summed E-state index contributed by atoms with van der Waals surface area (Å²) in [4.78, 5) is 51.3. The summed E-state index contributed by atoms with van der Waals surface area (Å²) < 4.78 is 32.3. The highest BCUT2D eigenvalue weighted by molar-refractivity contribution is 6.23. The van der Waals surface area contributed by atoms with Crippen molar-refractivity contribution < 1.29 is 37.8 Å². The molecule has 1 aliphatic carbocycles. The summed E-state index contributed by atoms with van der Waals surface area (Å²) in [6, 6.07) is 0. The van der Waals surface area contributed by atoms with Gasteiger partial charge in [0.15, 0.2) is 6.10 Å². The Hall–Kier alpha value is -3.57. The van der Waals surface area contributed by atoms with Gasteiger partial charge in [-0.3, -0.25) is 14.4 Å². The van der Waals surface area contributed by atoms with Crippen molar-refractivity contribution in [3.8, 4) is 0 Å². The summed E-state index contributed by atoms with van der Waals surface area (Å²) in [6.45, 7) is 10.7. The van der Waals surface area contributed by atoms with Gasteiger partial charge in [-0.2, -0.15) is 0 Å². The number of hydrogen-bond acceptors (Lipinski definition) is 8. The predicted octanol–water partition coefficient (Wildman–Crippen LogP) is 3.74. The van der Waals surface area contributed by atoms with Crippen LogP contribution in [0.3, 0.4) is 0 Å². The summed E-state index contributed by atoms with van der Waals surface area (Å²) in [5, 5.41) is 5.52. The van der Waals surface area contributed by atoms with Crippen LogP contribution >= 0.6 is 0 Å². The molecular weight excluding hydrogens is 545 g/mol. The van der Waals surface area contributed by atoms with E-state index in [0.717, 1.165) is 6.08 Å². The first-order valence-corrected chi connectivity index (χ1v) is 14.0. The average Bonchev–Trinajstić information content (AvgIpc) is 2.94. The highest BCUT2D eigenvalue weighted by Gasteiger charge is 2.34. The van der Waals surface area contributed by atoms with Gasteiger partial charge >= 0.3 is 6.09 Å². The van der Waals surface area contributed by atoms with E-state index in [1.807, 2.05) is 6.92 Å². The van der Waals surface area contributed by atoms with Gasteiger partial charge in [-0.15, -0.1) is 6.58 Å². The Bertz CT molecular complexity index is 1170. The van der Waals surface area contributed by atoms with Crippen molar-refractivity contribution >= 4 is 23.6 Å². The molecule has 2 bridgehead atoms. The van der Waals surface area contributed by atoms with E-state index < -0.39 is 54.0 Å². The van der Waals surface area contributed by atoms with Gasteiger partial charge in [-0.1, -0.05) is 32.1 Å². The second-order valence-electron chi connectivity index (χ2n) is 10.9. The number of fused-ring (bicyclic) bond motifs is 2. The standard InChI is InChI=1S/C31H44FN3O7/c1-8-12-34-27-21-13-17(2)14-25(41-7)26(32)19(4)15-20(5)29(42-31(33)39)24(40-6)11-9-10-18(3)30(38)35-22(28(21)37)16-23(27)36/h8,10,15-17,19,24-26,29,34H,1,9,11-14H2,2-7H3,(H2,33,39)(H,35,38)/b18-10+,20-15+/t17-,19+,24+,25+,26+,29+/m1/s1. The fourth-order valence-corrected chi connectivity index (χ4v) is 5.23. The van der Waals surface area contributed by atoms with E-state index in [4.69, 9.17) is 19.9 Å². The van der Waals surface area contributed by atoms with E-state index in [2.05, 4.69) is 17.2 Å². The lowest BCUT2D eigenvalue weighted by atomic mass is 9.85. The molecule has 42 heavy (non-hydrogen) atoms. The van der Waals surface area contributed by atoms with E-state index in [9.17, 15) is 19.2 Å². The number of nitrogens with one attached hydrogen (secondary N) is 2. The second kappa shape index (κ2) is 16.2. The molecule has 1 heterocycles. The molecule has 0 aromatic heterocycles. The number of methoxy groups -OCH3 is 2. The molecule has 232 valence electrons. The topological polar surface area (TPSA) is 146 Å². The summed E-state index contributed by atoms with van der Waals surface area (Å²) in [6.07, 6.45) is 2.26. The van der Waals surface area contributed by atoms with Crippen molar-refractivity contribution in [1.29, 1.82) is 0 Å². The van der Waals surface area contributed by atoms with Crippen molar-refractivity contribution in [2.45, 2.75) is 77.9 Å². The van der Waals surface area contributed by atoms with Gasteiger partial charge in [0.2, 0.25) is 11.6 Å². The zero-order valence-electron chi connectivity index (χ0n) is 25.3. The predicted molar refractivity (Wildman–Crippen MR) is 157 cm³/mol. The lowest BCUT2D eigenvalue weighted by Crippen LogP contribution is -2.37. The van der Waals surface area contributed by atoms with Gasteiger partial charge in [0.1, 0.15) is 6.17 Å². The minimum absolute atomic E-state index is 0.131. The van der Waals surface area contributed by atoms with Crippen LogP contribution in [0.4, 0.5) is 9.18 Å². The zero-order chi connectivity index (χ0) is 31.6. The summed E-state index contributed by atoms with van der Waals surface area (Å²) >= 11 is 0. The number of Topliss-reactive ketones (excluding diaryl/α,β-unsaturated/α-hetero) is 1. The van der Waals surface area contributed by atoms with Crippen molar-refractivity contribution in [2.24, 2.45) is 17.6 Å². The molecule has 4 N–H and O–H groups in total. The lowest BCUT2D eigenvalue weighted by molar-refractivity contribution is -0.120. The monoisotopic (exact) mass is 589 g/mol. The maximum atomic E-state index is 15.8. The Morgan fingerprint density at radius 1 is 1.19 bits per heavy atom. The van der Waals surface area contributed by atoms with Crippen molar-refractivity contribution in [2.75, 3.05) is 20.8 Å². The molecule has 0 radical (unpaired) electrons. The first-order valence-electron chi connectivity index (χ1n) is 14.0. The molecular formula is C31H44FN3O7. The molecule has 0 aromatic carbocycles. The number of ether oxygens (including phenoxy) is 3. The number of ketones is 2. The molecule has 0 saturated heterocycles. The van der Waals surface area contributed by atoms with Gasteiger partial charge in [0.05, 0.1) is 23.6 Å². The molecule has 0 aromatic rings. The molecule has 1 aliphatic heterocycles. The normalized spacial score (nSPS) is 31.2. The maximum absolute atomic E-state index is 15.8. The van der Waals surface area contributed by atoms with Crippen molar-refractivity contribution in [3.63, 3.8) is 0 Å². The lowest BCUT2D eigenvalue weighted by Gasteiger charge is -2.29. The third-order valence-electron chi connectivity index (χ3n) is 7.48. The summed E-state index contributed by atoms with van der Waals surface area (Å²) in [5.41, 5.74) is 6.41. The molecule has 0 unspecified atom stereocenters. The number of nitrogens with two attached hydrogens (primary N) is 1. The summed E-state index contributed by atoms with van der Waals surface area (Å²) in [7, 11) is 2.87. The molecule has 10 nitrogen and oxygen atoms in total. The largest absolute Gasteiger partial charge is 0.439 e. The van der Waals surface area contributed by atoms with E-state index in [1.54, 1.807) is 39.0 Å². The highest BCUT2D eigenvalue weighted by Crippen LogP contribution is 2.30. The van der Waals surface area contributed by atoms with Crippen LogP contribution < -0.4 is 16.4 Å². The Morgan fingerprint density at radius 2 is 1.86 bits per heavy atom. The van der Waals surface area contributed by atoms with E-state index in [0.29, 0.717) is 24.0 Å². The molecule has 0 spiro atoms. The molecule has 2 aliphatic rings. The minimum Gasteiger partial charge on any atom is -0.439 e. The fourth-order valence-electron chi connectivity index (χ4n) is 5.23. The Kier molecular flexibility index (Phi) is 13.3. The van der Waals surface area contributed by atoms with Crippen molar-refractivity contribution in [1.82, 2.24) is 10.6 Å². The summed E-state index contributed by atoms with van der Waals surface area (Å²) in [5.74, 6) is -2.40. The number of hydrogen-bond donors (Lipinski definition) is 3. The number of carbonyl (C=O) groups excluding carboxylic acids is 4. The molecule has 0 saturated carbocycles. The first kappa shape index (κ1) is 34.6. The Balaban J connectivity index is 2.57. The fraction of sp³-hybridized carbons (Fsp3) is 0.548. The Morgan fingerprint density at radius 3 is 2.45 bits per heavy atom. The average molecular weight is 590 g/mol. The third kappa shape index (κ3) is 9.22. The molecule has 0 fully saturated rings. The molecule has 11 heteroatoms. The Labute approximate surface area is 247 Å². The van der Waals surface area contributed by atoms with Gasteiger partial charge in [-0.25, -0.2) is 9.18 Å². The third-order valence-corrected chi connectivity index (χ3v) is 7.48. The van der Waals surface area contributed by atoms with Crippen LogP contribution in [0.2, 0.25) is 0 Å². The minimum atomic E-state index is -1.44. The van der Waals surface area contributed by atoms with Crippen LogP contribution in [-0.4, -0.2) is 68.8 Å². The first-order chi connectivity index (χ1) is 19.8. The second-order valence-corrected chi connectivity index (χ2v) is 10.9. The smallest absolute Gasteiger partial charge is 0.405 e. The van der Waals surface area contributed by atoms with Gasteiger partial charge < -0.3 is 30.6 Å². The van der Waals surface area contributed by atoms with Gasteiger partial charge in [0.25, 0.3) is 5.91 Å². The van der Waals surface area contributed by atoms with Crippen LogP contribution in [0, 0.1) is 11.8 Å². The number of alkyl halides is 1. The van der Waals surface area contributed by atoms with Gasteiger partial charge in [-0.05, 0) is 51.0 Å². The van der Waals surface area contributed by atoms with Crippen LogP contribution in [0.15, 0.2) is 59.0 Å². The van der Waals surface area contributed by atoms with Crippen LogP contribution in [0.25, 0.3) is 0 Å². The van der Waals surface area contributed by atoms with Crippen LogP contribution in [-0.2, 0) is 28.6 Å². The number of halogens is 1. The number of primary amides is 1. The van der Waals surface area contributed by atoms with E-state index in [1.165, 1.54) is 14.2 Å². The zero-order valence-corrected chi connectivity index (χ0v) is 25.3. The quantitative estimate of drug-likeness (QED) is 0.314. The van der Waals surface area contributed by atoms with Crippen LogP contribution in [0.5, 0.6) is 0 Å². The molecule has 2 amide bonds. The number of amides is 2. The highest BCUT2D eigenvalue weighted by atomic mass is 19.1. The van der Waals surface area contributed by atoms with E-state index in [-0.39, 0.29) is 42.3 Å². The molecule has 6 atom stereocenters. The number of rotatable bonds is 6. The SMILES string of the molecule is C=CCNC1=C2C[C@@H](C)C[C@H](OC)[C@@H](F)[C@@H](C)/C=C(\C)[C@H](OC(N)=O)[C@@H](OC)CC/C=C(\C)C(=O)NC(=CC1=O)C2=O. The van der Waals surface area contributed by atoms with Gasteiger partial charge in [0, 0.05) is 43.9 Å². The number of allylic oxidation sites excluding steroid dienone is 4. The number of carbonyl (C=O) groups is 4. The van der Waals surface area contributed by atoms with Crippen molar-refractivity contribution in [3.05, 3.63) is 59.0 Å². The molecule has 2 rings (SSSR count). The van der Waals surface area contributed by atoms with Crippen LogP contribution in [0.1, 0.15) is 53.4 Å². The maximum Gasteiger partial charge on any atom is 0.405 e.